The van der Waals surface area contributed by atoms with Crippen LogP contribution in [-0.2, 0) is 0 Å². The Labute approximate surface area is 128 Å². The van der Waals surface area contributed by atoms with Gasteiger partial charge in [0, 0.05) is 10.5 Å². The first-order valence-corrected chi connectivity index (χ1v) is 7.80. The van der Waals surface area contributed by atoms with Crippen molar-refractivity contribution in [1.82, 2.24) is 5.32 Å². The van der Waals surface area contributed by atoms with Crippen molar-refractivity contribution in [3.8, 4) is 5.75 Å². The van der Waals surface area contributed by atoms with Crippen molar-refractivity contribution in [2.75, 3.05) is 13.2 Å². The molecule has 1 N–H and O–H groups in total. The van der Waals surface area contributed by atoms with Crippen LogP contribution in [0.25, 0.3) is 0 Å². The minimum Gasteiger partial charge on any atom is -0.490 e. The molecule has 0 fully saturated rings. The molecule has 1 aromatic rings. The fourth-order valence-corrected chi connectivity index (χ4v) is 2.20. The number of halogens is 3. The van der Waals surface area contributed by atoms with Crippen LogP contribution in [0.15, 0.2) is 16.6 Å². The molecular weight excluding hydrogens is 328 g/mol. The molecule has 0 bridgehead atoms. The van der Waals surface area contributed by atoms with E-state index in [-0.39, 0.29) is 5.75 Å². The second-order valence-electron chi connectivity index (χ2n) is 5.07. The lowest BCUT2D eigenvalue weighted by Crippen LogP contribution is -2.23. The quantitative estimate of drug-likeness (QED) is 0.516. The Bertz CT molecular complexity index is 413. The Balaban J connectivity index is 2.16. The van der Waals surface area contributed by atoms with Gasteiger partial charge in [0.25, 0.3) is 0 Å². The summed E-state index contributed by atoms with van der Waals surface area (Å²) in [6, 6.07) is 3.06. The Kier molecular flexibility index (Phi) is 8.07. The average Bonchev–Trinajstić information content (AvgIpc) is 2.37. The van der Waals surface area contributed by atoms with E-state index < -0.39 is 11.6 Å². The highest BCUT2D eigenvalue weighted by molar-refractivity contribution is 9.10. The molecule has 0 atom stereocenters. The molecule has 5 heteroatoms. The lowest BCUT2D eigenvalue weighted by molar-refractivity contribution is 0.284. The topological polar surface area (TPSA) is 21.3 Å². The van der Waals surface area contributed by atoms with Crippen molar-refractivity contribution in [2.24, 2.45) is 0 Å². The summed E-state index contributed by atoms with van der Waals surface area (Å²) in [5.74, 6) is -1.85. The molecule has 1 rings (SSSR count). The number of unbranched alkanes of at least 4 members (excludes halogenated alkanes) is 3. The Morgan fingerprint density at radius 2 is 1.85 bits per heavy atom. The first kappa shape index (κ1) is 17.4. The van der Waals surface area contributed by atoms with Crippen LogP contribution in [0.1, 0.15) is 39.5 Å². The van der Waals surface area contributed by atoms with Gasteiger partial charge in [-0.3, -0.25) is 0 Å². The van der Waals surface area contributed by atoms with Crippen LogP contribution in [0.2, 0.25) is 0 Å². The molecule has 0 unspecified atom stereocenters. The summed E-state index contributed by atoms with van der Waals surface area (Å²) in [4.78, 5) is 0. The largest absolute Gasteiger partial charge is 0.490 e. The number of rotatable bonds is 9. The van der Waals surface area contributed by atoms with E-state index in [1.54, 1.807) is 0 Å². The maximum atomic E-state index is 13.4. The van der Waals surface area contributed by atoms with E-state index in [9.17, 15) is 8.78 Å². The van der Waals surface area contributed by atoms with Gasteiger partial charge in [-0.25, -0.2) is 4.39 Å². The van der Waals surface area contributed by atoms with Crippen LogP contribution in [0, 0.1) is 11.6 Å². The molecule has 20 heavy (non-hydrogen) atoms. The van der Waals surface area contributed by atoms with Crippen LogP contribution in [0.4, 0.5) is 8.78 Å². The molecule has 0 aliphatic rings. The fraction of sp³-hybridized carbons (Fsp3) is 0.600. The maximum absolute atomic E-state index is 13.4. The Hall–Kier alpha value is -0.680. The van der Waals surface area contributed by atoms with Gasteiger partial charge in [0.2, 0.25) is 5.82 Å². The fourth-order valence-electron chi connectivity index (χ4n) is 1.79. The van der Waals surface area contributed by atoms with Crippen LogP contribution in [-0.4, -0.2) is 19.2 Å². The zero-order chi connectivity index (χ0) is 15.0. The summed E-state index contributed by atoms with van der Waals surface area (Å²) >= 11 is 3.12. The van der Waals surface area contributed by atoms with E-state index >= 15 is 0 Å². The monoisotopic (exact) mass is 349 g/mol. The second-order valence-corrected chi connectivity index (χ2v) is 5.99. The highest BCUT2D eigenvalue weighted by atomic mass is 79.9. The van der Waals surface area contributed by atoms with Gasteiger partial charge in [-0.1, -0.05) is 42.6 Å². The van der Waals surface area contributed by atoms with Gasteiger partial charge in [-0.2, -0.15) is 4.39 Å². The minimum atomic E-state index is -0.922. The van der Waals surface area contributed by atoms with E-state index in [4.69, 9.17) is 4.74 Å². The summed E-state index contributed by atoms with van der Waals surface area (Å²) in [6.07, 6.45) is 4.10. The number of hydrogen-bond donors (Lipinski definition) is 1. The molecule has 0 spiro atoms. The predicted octanol–water partition coefficient (Wildman–Crippen LogP) is 4.66. The molecular formula is C15H22BrF2NO. The average molecular weight is 350 g/mol. The number of nitrogens with one attached hydrogen (secondary N) is 1. The minimum absolute atomic E-state index is 0.0293. The molecule has 0 saturated heterocycles. The highest BCUT2D eigenvalue weighted by Gasteiger charge is 2.10. The number of benzene rings is 1. The van der Waals surface area contributed by atoms with Crippen molar-refractivity contribution in [3.63, 3.8) is 0 Å². The molecule has 1 aromatic carbocycles. The van der Waals surface area contributed by atoms with Crippen molar-refractivity contribution in [2.45, 2.75) is 45.6 Å². The molecule has 0 aliphatic carbocycles. The highest BCUT2D eigenvalue weighted by Crippen LogP contribution is 2.25. The van der Waals surface area contributed by atoms with Crippen molar-refractivity contribution >= 4 is 15.9 Å². The summed E-state index contributed by atoms with van der Waals surface area (Å²) in [5.41, 5.74) is 0. The third-order valence-corrected chi connectivity index (χ3v) is 3.30. The molecule has 0 heterocycles. The van der Waals surface area contributed by atoms with Gasteiger partial charge >= 0.3 is 0 Å². The standard InChI is InChI=1S/C15H22BrF2NO/c1-11(2)19-7-5-3-4-6-8-20-14-10-12(16)9-13(17)15(14)18/h9-11,19H,3-8H2,1-2H3. The van der Waals surface area contributed by atoms with E-state index in [2.05, 4.69) is 35.1 Å². The smallest absolute Gasteiger partial charge is 0.200 e. The first-order valence-electron chi connectivity index (χ1n) is 7.01. The SMILES string of the molecule is CC(C)NCCCCCCOc1cc(Br)cc(F)c1F. The van der Waals surface area contributed by atoms with Crippen molar-refractivity contribution < 1.29 is 13.5 Å². The third kappa shape index (κ3) is 6.66. The Morgan fingerprint density at radius 1 is 1.15 bits per heavy atom. The van der Waals surface area contributed by atoms with Gasteiger partial charge in [0.1, 0.15) is 0 Å². The van der Waals surface area contributed by atoms with Gasteiger partial charge in [-0.15, -0.1) is 0 Å². The van der Waals surface area contributed by atoms with Crippen molar-refractivity contribution in [1.29, 1.82) is 0 Å². The normalized spacial score (nSPS) is 11.1. The zero-order valence-corrected chi connectivity index (χ0v) is 13.6. The van der Waals surface area contributed by atoms with E-state index in [1.165, 1.54) is 6.07 Å². The summed E-state index contributed by atoms with van der Waals surface area (Å²) < 4.78 is 32.3. The maximum Gasteiger partial charge on any atom is 0.200 e. The molecule has 0 amide bonds. The van der Waals surface area contributed by atoms with Crippen LogP contribution >= 0.6 is 15.9 Å². The van der Waals surface area contributed by atoms with E-state index in [0.29, 0.717) is 17.1 Å². The van der Waals surface area contributed by atoms with E-state index in [0.717, 1.165) is 38.3 Å². The third-order valence-electron chi connectivity index (χ3n) is 2.84. The molecule has 2 nitrogen and oxygen atoms in total. The van der Waals surface area contributed by atoms with Gasteiger partial charge in [0.15, 0.2) is 11.6 Å². The lowest BCUT2D eigenvalue weighted by atomic mass is 10.2. The number of hydrogen-bond acceptors (Lipinski definition) is 2. The van der Waals surface area contributed by atoms with Crippen molar-refractivity contribution in [3.05, 3.63) is 28.2 Å². The summed E-state index contributed by atoms with van der Waals surface area (Å²) in [5, 5.41) is 3.35. The second kappa shape index (κ2) is 9.29. The molecule has 0 radical (unpaired) electrons. The molecule has 0 aromatic heterocycles. The lowest BCUT2D eigenvalue weighted by Gasteiger charge is -2.09. The predicted molar refractivity (Wildman–Crippen MR) is 81.2 cm³/mol. The Morgan fingerprint density at radius 3 is 2.55 bits per heavy atom. The van der Waals surface area contributed by atoms with E-state index in [1.807, 2.05) is 0 Å². The van der Waals surface area contributed by atoms with Crippen LogP contribution < -0.4 is 10.1 Å². The van der Waals surface area contributed by atoms with Crippen LogP contribution in [0.3, 0.4) is 0 Å². The summed E-state index contributed by atoms with van der Waals surface area (Å²) in [7, 11) is 0. The number of ether oxygens (including phenoxy) is 1. The van der Waals surface area contributed by atoms with Crippen LogP contribution in [0.5, 0.6) is 5.75 Å². The summed E-state index contributed by atoms with van der Waals surface area (Å²) in [6.45, 7) is 5.67. The zero-order valence-electron chi connectivity index (χ0n) is 12.0. The van der Waals surface area contributed by atoms with Gasteiger partial charge < -0.3 is 10.1 Å². The molecule has 0 saturated carbocycles. The first-order chi connectivity index (χ1) is 9.50. The molecule has 0 aliphatic heterocycles. The van der Waals surface area contributed by atoms with Gasteiger partial charge in [0.05, 0.1) is 6.61 Å². The van der Waals surface area contributed by atoms with Gasteiger partial charge in [-0.05, 0) is 31.5 Å². The molecule has 114 valence electrons.